The van der Waals surface area contributed by atoms with Crippen LogP contribution in [0.4, 0.5) is 11.4 Å². The molecular formula is C21H26N2OS. The van der Waals surface area contributed by atoms with Crippen molar-refractivity contribution >= 4 is 29.0 Å². The van der Waals surface area contributed by atoms with Gasteiger partial charge < -0.3 is 10.2 Å². The van der Waals surface area contributed by atoms with E-state index in [9.17, 15) is 4.79 Å². The summed E-state index contributed by atoms with van der Waals surface area (Å²) >= 11 is 1.60. The highest BCUT2D eigenvalue weighted by atomic mass is 32.2. The molecular weight excluding hydrogens is 328 g/mol. The Balaban J connectivity index is 1.57. The van der Waals surface area contributed by atoms with E-state index in [2.05, 4.69) is 41.4 Å². The van der Waals surface area contributed by atoms with Gasteiger partial charge in [-0.1, -0.05) is 18.2 Å². The van der Waals surface area contributed by atoms with Gasteiger partial charge in [-0.15, -0.1) is 11.8 Å². The fourth-order valence-corrected chi connectivity index (χ4v) is 4.04. The van der Waals surface area contributed by atoms with E-state index >= 15 is 0 Å². The smallest absolute Gasteiger partial charge is 0.237 e. The molecule has 25 heavy (non-hydrogen) atoms. The molecule has 0 saturated carbocycles. The number of carbonyl (C=O) groups excluding carboxylic acids is 1. The zero-order chi connectivity index (χ0) is 17.6. The summed E-state index contributed by atoms with van der Waals surface area (Å²) < 4.78 is 0. The van der Waals surface area contributed by atoms with Gasteiger partial charge >= 0.3 is 0 Å². The van der Waals surface area contributed by atoms with Crippen molar-refractivity contribution in [3.05, 3.63) is 54.1 Å². The molecule has 4 heteroatoms. The average molecular weight is 355 g/mol. The minimum atomic E-state index is -0.136. The second-order valence-electron chi connectivity index (χ2n) is 6.61. The number of hydrogen-bond acceptors (Lipinski definition) is 3. The summed E-state index contributed by atoms with van der Waals surface area (Å²) in [6.07, 6.45) is 3.87. The van der Waals surface area contributed by atoms with Crippen LogP contribution in [0, 0.1) is 6.92 Å². The van der Waals surface area contributed by atoms with Gasteiger partial charge in [0, 0.05) is 29.4 Å². The number of aryl methyl sites for hydroxylation is 1. The number of piperidine rings is 1. The Morgan fingerprint density at radius 2 is 1.72 bits per heavy atom. The molecule has 132 valence electrons. The lowest BCUT2D eigenvalue weighted by atomic mass is 10.1. The first kappa shape index (κ1) is 17.9. The van der Waals surface area contributed by atoms with Crippen LogP contribution in [-0.4, -0.2) is 24.2 Å². The molecule has 1 heterocycles. The standard InChI is InChI=1S/C21H26N2OS/c1-16-8-4-5-9-20(16)25-17(2)21(24)22-18-10-12-19(13-11-18)23-14-6-3-7-15-23/h4-5,8-13,17H,3,6-7,14-15H2,1-2H3,(H,22,24). The lowest BCUT2D eigenvalue weighted by Crippen LogP contribution is -2.29. The van der Waals surface area contributed by atoms with Gasteiger partial charge in [0.1, 0.15) is 0 Å². The van der Waals surface area contributed by atoms with E-state index in [1.54, 1.807) is 11.8 Å². The molecule has 0 aliphatic carbocycles. The second-order valence-corrected chi connectivity index (χ2v) is 7.99. The third-order valence-electron chi connectivity index (χ3n) is 4.62. The van der Waals surface area contributed by atoms with Crippen LogP contribution in [0.15, 0.2) is 53.4 Å². The highest BCUT2D eigenvalue weighted by Crippen LogP contribution is 2.27. The molecule has 0 aromatic heterocycles. The Labute approximate surface area is 154 Å². The van der Waals surface area contributed by atoms with Gasteiger partial charge in [0.25, 0.3) is 0 Å². The average Bonchev–Trinajstić information content (AvgIpc) is 2.65. The number of hydrogen-bond donors (Lipinski definition) is 1. The summed E-state index contributed by atoms with van der Waals surface area (Å²) in [7, 11) is 0. The van der Waals surface area contributed by atoms with E-state index < -0.39 is 0 Å². The number of benzene rings is 2. The fourth-order valence-electron chi connectivity index (χ4n) is 3.08. The summed E-state index contributed by atoms with van der Waals surface area (Å²) in [6.45, 7) is 6.30. The predicted molar refractivity (Wildman–Crippen MR) is 108 cm³/mol. The summed E-state index contributed by atoms with van der Waals surface area (Å²) in [5, 5.41) is 2.90. The monoisotopic (exact) mass is 354 g/mol. The van der Waals surface area contributed by atoms with Crippen molar-refractivity contribution in [1.29, 1.82) is 0 Å². The third-order valence-corrected chi connectivity index (χ3v) is 5.90. The van der Waals surface area contributed by atoms with Crippen molar-refractivity contribution in [2.24, 2.45) is 0 Å². The Kier molecular flexibility index (Phi) is 6.03. The van der Waals surface area contributed by atoms with Crippen LogP contribution in [-0.2, 0) is 4.79 Å². The van der Waals surface area contributed by atoms with E-state index in [0.717, 1.165) is 23.7 Å². The molecule has 1 N–H and O–H groups in total. The molecule has 1 aliphatic rings. The van der Waals surface area contributed by atoms with Crippen molar-refractivity contribution in [2.45, 2.75) is 43.3 Å². The summed E-state index contributed by atoms with van der Waals surface area (Å²) in [6, 6.07) is 16.4. The Bertz CT molecular complexity index is 708. The molecule has 0 radical (unpaired) electrons. The van der Waals surface area contributed by atoms with Crippen molar-refractivity contribution in [3.63, 3.8) is 0 Å². The lowest BCUT2D eigenvalue weighted by molar-refractivity contribution is -0.115. The van der Waals surface area contributed by atoms with E-state index in [1.807, 2.05) is 31.2 Å². The van der Waals surface area contributed by atoms with Crippen molar-refractivity contribution in [2.75, 3.05) is 23.3 Å². The van der Waals surface area contributed by atoms with Crippen molar-refractivity contribution < 1.29 is 4.79 Å². The first-order valence-electron chi connectivity index (χ1n) is 9.01. The zero-order valence-corrected chi connectivity index (χ0v) is 15.8. The molecule has 3 nitrogen and oxygen atoms in total. The van der Waals surface area contributed by atoms with E-state index in [1.165, 1.54) is 30.5 Å². The molecule has 1 atom stereocenters. The van der Waals surface area contributed by atoms with Gasteiger partial charge in [0.2, 0.25) is 5.91 Å². The number of amides is 1. The Morgan fingerprint density at radius 1 is 1.04 bits per heavy atom. The van der Waals surface area contributed by atoms with E-state index in [0.29, 0.717) is 0 Å². The van der Waals surface area contributed by atoms with Crippen molar-refractivity contribution in [3.8, 4) is 0 Å². The summed E-state index contributed by atoms with van der Waals surface area (Å²) in [5.41, 5.74) is 3.32. The molecule has 0 bridgehead atoms. The van der Waals surface area contributed by atoms with Crippen LogP contribution in [0.3, 0.4) is 0 Å². The zero-order valence-electron chi connectivity index (χ0n) is 15.0. The van der Waals surface area contributed by atoms with Crippen LogP contribution >= 0.6 is 11.8 Å². The molecule has 1 saturated heterocycles. The number of nitrogens with one attached hydrogen (secondary N) is 1. The SMILES string of the molecule is Cc1ccccc1SC(C)C(=O)Nc1ccc(N2CCCCC2)cc1. The minimum Gasteiger partial charge on any atom is -0.372 e. The molecule has 0 spiro atoms. The van der Waals surface area contributed by atoms with Crippen LogP contribution in [0.2, 0.25) is 0 Å². The van der Waals surface area contributed by atoms with Gasteiger partial charge in [0.05, 0.1) is 5.25 Å². The molecule has 1 amide bonds. The highest BCUT2D eigenvalue weighted by molar-refractivity contribution is 8.00. The number of rotatable bonds is 5. The summed E-state index contributed by atoms with van der Waals surface area (Å²) in [4.78, 5) is 16.1. The highest BCUT2D eigenvalue weighted by Gasteiger charge is 2.16. The maximum atomic E-state index is 12.5. The predicted octanol–water partition coefficient (Wildman–Crippen LogP) is 5.10. The van der Waals surface area contributed by atoms with E-state index in [4.69, 9.17) is 0 Å². The molecule has 1 fully saturated rings. The topological polar surface area (TPSA) is 32.3 Å². The molecule has 2 aromatic rings. The van der Waals surface area contributed by atoms with Gasteiger partial charge in [-0.05, 0) is 69.0 Å². The summed E-state index contributed by atoms with van der Waals surface area (Å²) in [5.74, 6) is 0.0407. The van der Waals surface area contributed by atoms with Gasteiger partial charge in [0.15, 0.2) is 0 Å². The molecule has 3 rings (SSSR count). The fraction of sp³-hybridized carbons (Fsp3) is 0.381. The van der Waals surface area contributed by atoms with Crippen molar-refractivity contribution in [1.82, 2.24) is 0 Å². The lowest BCUT2D eigenvalue weighted by Gasteiger charge is -2.28. The first-order valence-corrected chi connectivity index (χ1v) is 9.89. The van der Waals surface area contributed by atoms with E-state index in [-0.39, 0.29) is 11.2 Å². The first-order chi connectivity index (χ1) is 12.1. The number of thioether (sulfide) groups is 1. The Hall–Kier alpha value is -1.94. The number of carbonyl (C=O) groups is 1. The molecule has 2 aromatic carbocycles. The normalized spacial score (nSPS) is 15.7. The number of anilines is 2. The Morgan fingerprint density at radius 3 is 2.40 bits per heavy atom. The molecule has 1 unspecified atom stereocenters. The largest absolute Gasteiger partial charge is 0.372 e. The minimum absolute atomic E-state index is 0.0407. The molecule has 1 aliphatic heterocycles. The maximum Gasteiger partial charge on any atom is 0.237 e. The van der Waals surface area contributed by atoms with Gasteiger partial charge in [-0.25, -0.2) is 0 Å². The van der Waals surface area contributed by atoms with Crippen LogP contribution < -0.4 is 10.2 Å². The van der Waals surface area contributed by atoms with Crippen LogP contribution in [0.5, 0.6) is 0 Å². The number of nitrogens with zero attached hydrogens (tertiary/aromatic N) is 1. The quantitative estimate of drug-likeness (QED) is 0.758. The third kappa shape index (κ3) is 4.79. The maximum absolute atomic E-state index is 12.5. The second kappa shape index (κ2) is 8.43. The van der Waals surface area contributed by atoms with Gasteiger partial charge in [-0.3, -0.25) is 4.79 Å². The van der Waals surface area contributed by atoms with Crippen LogP contribution in [0.1, 0.15) is 31.7 Å². The van der Waals surface area contributed by atoms with Crippen LogP contribution in [0.25, 0.3) is 0 Å². The van der Waals surface area contributed by atoms with Gasteiger partial charge in [-0.2, -0.15) is 0 Å².